The molecule has 2 heteroatoms. The molecule has 0 N–H and O–H groups in total. The van der Waals surface area contributed by atoms with E-state index in [1.165, 1.54) is 38.3 Å². The molecule has 0 spiro atoms. The molecule has 2 bridgehead atoms. The molecule has 0 aromatic carbocycles. The van der Waals surface area contributed by atoms with Gasteiger partial charge in [0.05, 0.1) is 0 Å². The van der Waals surface area contributed by atoms with Crippen molar-refractivity contribution in [1.82, 2.24) is 0 Å². The van der Waals surface area contributed by atoms with Gasteiger partial charge in [-0.05, 0) is 30.9 Å². The number of hydrogen-bond donors (Lipinski definition) is 0. The van der Waals surface area contributed by atoms with Crippen LogP contribution in [0.2, 0.25) is 12.6 Å². The lowest BCUT2D eigenvalue weighted by Gasteiger charge is -2.36. The topological polar surface area (TPSA) is 9.23 Å². The van der Waals surface area contributed by atoms with Crippen molar-refractivity contribution in [3.63, 3.8) is 0 Å². The molecule has 11 heavy (non-hydrogen) atoms. The largest absolute Gasteiger partial charge is 0.438 e. The van der Waals surface area contributed by atoms with E-state index in [-0.39, 0.29) is 0 Å². The Kier molecular flexibility index (Phi) is 2.21. The molecule has 1 aliphatic heterocycles. The first kappa shape index (κ1) is 7.66. The third-order valence-corrected chi connectivity index (χ3v) is 3.42. The monoisotopic (exact) mass is 152 g/mol. The SMILES string of the molecule is COB1C[C@H]2CCC[C@@H](C1)C2. The van der Waals surface area contributed by atoms with Gasteiger partial charge in [-0.2, -0.15) is 0 Å². The van der Waals surface area contributed by atoms with Gasteiger partial charge < -0.3 is 4.65 Å². The zero-order valence-electron chi connectivity index (χ0n) is 7.38. The molecule has 1 aliphatic carbocycles. The van der Waals surface area contributed by atoms with Gasteiger partial charge in [0.2, 0.25) is 0 Å². The van der Waals surface area contributed by atoms with E-state index in [1.807, 2.05) is 7.11 Å². The summed E-state index contributed by atoms with van der Waals surface area (Å²) in [7, 11) is 1.87. The van der Waals surface area contributed by atoms with E-state index >= 15 is 0 Å². The second-order valence-electron chi connectivity index (χ2n) is 4.23. The molecule has 0 radical (unpaired) electrons. The Hall–Kier alpha value is 0.0249. The summed E-state index contributed by atoms with van der Waals surface area (Å²) in [6.45, 7) is 0.596. The number of rotatable bonds is 1. The molecular formula is C9H17BO. The van der Waals surface area contributed by atoms with Gasteiger partial charge in [-0.25, -0.2) is 0 Å². The average molecular weight is 152 g/mol. The summed E-state index contributed by atoms with van der Waals surface area (Å²) in [5.41, 5.74) is 0. The van der Waals surface area contributed by atoms with E-state index in [9.17, 15) is 0 Å². The van der Waals surface area contributed by atoms with Gasteiger partial charge in [-0.3, -0.25) is 0 Å². The molecule has 0 aromatic rings. The summed E-state index contributed by atoms with van der Waals surface area (Å²) in [6.07, 6.45) is 8.60. The third kappa shape index (κ3) is 1.61. The fraction of sp³-hybridized carbons (Fsp3) is 1.00. The normalized spacial score (nSPS) is 37.4. The fourth-order valence-electron chi connectivity index (χ4n) is 2.86. The van der Waals surface area contributed by atoms with E-state index in [0.717, 1.165) is 11.8 Å². The van der Waals surface area contributed by atoms with Gasteiger partial charge in [-0.15, -0.1) is 0 Å². The van der Waals surface area contributed by atoms with Crippen LogP contribution in [-0.2, 0) is 4.65 Å². The van der Waals surface area contributed by atoms with Crippen LogP contribution >= 0.6 is 0 Å². The van der Waals surface area contributed by atoms with Crippen LogP contribution in [0.4, 0.5) is 0 Å². The Morgan fingerprint density at radius 1 is 1.18 bits per heavy atom. The molecule has 0 aromatic heterocycles. The first-order valence-corrected chi connectivity index (χ1v) is 4.91. The van der Waals surface area contributed by atoms with Crippen LogP contribution in [0.1, 0.15) is 25.7 Å². The van der Waals surface area contributed by atoms with Crippen molar-refractivity contribution in [1.29, 1.82) is 0 Å². The molecule has 1 saturated heterocycles. The minimum Gasteiger partial charge on any atom is -0.438 e. The minimum absolute atomic E-state index is 0.596. The third-order valence-electron chi connectivity index (χ3n) is 3.42. The molecule has 1 heterocycles. The van der Waals surface area contributed by atoms with Gasteiger partial charge in [0.15, 0.2) is 0 Å². The molecule has 62 valence electrons. The Morgan fingerprint density at radius 3 is 2.36 bits per heavy atom. The summed E-state index contributed by atoms with van der Waals surface area (Å²) in [5, 5.41) is 0. The van der Waals surface area contributed by atoms with Crippen LogP contribution in [-0.4, -0.2) is 14.0 Å². The molecule has 0 unspecified atom stereocenters. The zero-order valence-corrected chi connectivity index (χ0v) is 7.38. The highest BCUT2D eigenvalue weighted by Crippen LogP contribution is 2.40. The highest BCUT2D eigenvalue weighted by molar-refractivity contribution is 6.52. The summed E-state index contributed by atoms with van der Waals surface area (Å²) < 4.78 is 5.43. The minimum atomic E-state index is 0.596. The molecule has 2 rings (SSSR count). The average Bonchev–Trinajstić information content (AvgIpc) is 2.03. The first-order valence-electron chi connectivity index (χ1n) is 4.91. The zero-order chi connectivity index (χ0) is 7.68. The fourth-order valence-corrected chi connectivity index (χ4v) is 2.86. The molecule has 0 amide bonds. The van der Waals surface area contributed by atoms with Gasteiger partial charge >= 0.3 is 0 Å². The lowest BCUT2D eigenvalue weighted by atomic mass is 9.47. The van der Waals surface area contributed by atoms with Gasteiger partial charge in [0, 0.05) is 7.11 Å². The molecule has 2 atom stereocenters. The van der Waals surface area contributed by atoms with Crippen molar-refractivity contribution in [2.24, 2.45) is 11.8 Å². The molecule has 2 fully saturated rings. The van der Waals surface area contributed by atoms with Gasteiger partial charge in [0.25, 0.3) is 6.92 Å². The quantitative estimate of drug-likeness (QED) is 0.524. The Morgan fingerprint density at radius 2 is 1.82 bits per heavy atom. The summed E-state index contributed by atoms with van der Waals surface area (Å²) >= 11 is 0. The molecule has 1 nitrogen and oxygen atoms in total. The Balaban J connectivity index is 1.94. The van der Waals surface area contributed by atoms with Crippen LogP contribution in [0.5, 0.6) is 0 Å². The van der Waals surface area contributed by atoms with E-state index < -0.39 is 0 Å². The lowest BCUT2D eigenvalue weighted by Crippen LogP contribution is -2.32. The van der Waals surface area contributed by atoms with E-state index in [1.54, 1.807) is 0 Å². The highest BCUT2D eigenvalue weighted by Gasteiger charge is 2.34. The highest BCUT2D eigenvalue weighted by atomic mass is 16.4. The van der Waals surface area contributed by atoms with E-state index in [4.69, 9.17) is 4.65 Å². The van der Waals surface area contributed by atoms with Crippen molar-refractivity contribution in [2.45, 2.75) is 38.3 Å². The van der Waals surface area contributed by atoms with Crippen LogP contribution in [0.3, 0.4) is 0 Å². The predicted octanol–water partition coefficient (Wildman–Crippen LogP) is 2.44. The summed E-state index contributed by atoms with van der Waals surface area (Å²) in [4.78, 5) is 0. The van der Waals surface area contributed by atoms with Crippen LogP contribution < -0.4 is 0 Å². The molecular weight excluding hydrogens is 135 g/mol. The standard InChI is InChI=1S/C9H17BO/c1-11-10-6-8-3-2-4-9(5-8)7-10/h8-9H,2-7H2,1H3/t8-,9+. The Bertz CT molecular complexity index is 126. The van der Waals surface area contributed by atoms with Gasteiger partial charge in [0.1, 0.15) is 0 Å². The maximum absolute atomic E-state index is 5.43. The second kappa shape index (κ2) is 3.18. The number of fused-ring (bicyclic) bond motifs is 2. The van der Waals surface area contributed by atoms with E-state index in [2.05, 4.69) is 0 Å². The van der Waals surface area contributed by atoms with Crippen LogP contribution in [0, 0.1) is 11.8 Å². The maximum Gasteiger partial charge on any atom is 0.293 e. The predicted molar refractivity (Wildman–Crippen MR) is 47.8 cm³/mol. The smallest absolute Gasteiger partial charge is 0.293 e. The van der Waals surface area contributed by atoms with Crippen molar-refractivity contribution in [3.05, 3.63) is 0 Å². The van der Waals surface area contributed by atoms with Crippen molar-refractivity contribution in [2.75, 3.05) is 7.11 Å². The van der Waals surface area contributed by atoms with Crippen molar-refractivity contribution < 1.29 is 4.65 Å². The summed E-state index contributed by atoms with van der Waals surface area (Å²) in [5.74, 6) is 2.01. The number of hydrogen-bond acceptors (Lipinski definition) is 1. The van der Waals surface area contributed by atoms with E-state index in [0.29, 0.717) is 6.92 Å². The first-order chi connectivity index (χ1) is 5.38. The van der Waals surface area contributed by atoms with Crippen LogP contribution in [0.25, 0.3) is 0 Å². The maximum atomic E-state index is 5.43. The Labute approximate surface area is 69.6 Å². The molecule has 2 aliphatic rings. The molecule has 1 saturated carbocycles. The van der Waals surface area contributed by atoms with Gasteiger partial charge in [-0.1, -0.05) is 19.3 Å². The van der Waals surface area contributed by atoms with Crippen molar-refractivity contribution in [3.8, 4) is 0 Å². The lowest BCUT2D eigenvalue weighted by molar-refractivity contribution is 0.256. The van der Waals surface area contributed by atoms with Crippen molar-refractivity contribution >= 4 is 6.92 Å². The van der Waals surface area contributed by atoms with Crippen LogP contribution in [0.15, 0.2) is 0 Å². The summed E-state index contributed by atoms with van der Waals surface area (Å²) in [6, 6.07) is 0. The second-order valence-corrected chi connectivity index (χ2v) is 4.23.